The molecule has 2 atom stereocenters. The first-order chi connectivity index (χ1) is 19.1. The van der Waals surface area contributed by atoms with E-state index in [1.165, 1.54) is 10.9 Å². The van der Waals surface area contributed by atoms with Gasteiger partial charge in [-0.3, -0.25) is 24.1 Å². The molecule has 1 aromatic heterocycles. The van der Waals surface area contributed by atoms with Gasteiger partial charge in [0.1, 0.15) is 35.5 Å². The fraction of sp³-hybridized carbons (Fsp3) is 0.250. The van der Waals surface area contributed by atoms with E-state index in [4.69, 9.17) is 16.3 Å². The largest absolute Gasteiger partial charge is 0.482 e. The zero-order valence-corrected chi connectivity index (χ0v) is 22.2. The molecule has 3 aromatic rings. The second-order valence-corrected chi connectivity index (χ2v) is 9.90. The fourth-order valence-electron chi connectivity index (χ4n) is 4.62. The molecule has 0 radical (unpaired) electrons. The van der Waals surface area contributed by atoms with Crippen molar-refractivity contribution >= 4 is 23.4 Å². The lowest BCUT2D eigenvalue weighted by Crippen LogP contribution is -2.57. The summed E-state index contributed by atoms with van der Waals surface area (Å²) >= 11 is 5.55. The van der Waals surface area contributed by atoms with E-state index in [0.717, 1.165) is 5.56 Å². The Morgan fingerprint density at radius 2 is 1.77 bits per heavy atom. The molecule has 3 heterocycles. The van der Waals surface area contributed by atoms with Crippen molar-refractivity contribution in [2.24, 2.45) is 0 Å². The van der Waals surface area contributed by atoms with Gasteiger partial charge in [0.15, 0.2) is 17.3 Å². The van der Waals surface area contributed by atoms with Crippen LogP contribution in [0.3, 0.4) is 0 Å². The summed E-state index contributed by atoms with van der Waals surface area (Å²) in [7, 11) is 0. The van der Waals surface area contributed by atoms with Gasteiger partial charge in [-0.2, -0.15) is 0 Å². The molecule has 208 valence electrons. The smallest absolute Gasteiger partial charge is 0.278 e. The van der Waals surface area contributed by atoms with Gasteiger partial charge in [-0.1, -0.05) is 54.1 Å². The molecule has 2 aromatic carbocycles. The van der Waals surface area contributed by atoms with Crippen molar-refractivity contribution in [2.45, 2.75) is 39.1 Å². The lowest BCUT2D eigenvalue weighted by Gasteiger charge is -2.42. The molecule has 2 aliphatic rings. The van der Waals surface area contributed by atoms with Gasteiger partial charge < -0.3 is 15.0 Å². The average molecular weight is 573 g/mol. The van der Waals surface area contributed by atoms with Crippen molar-refractivity contribution in [3.05, 3.63) is 110 Å². The zero-order valence-electron chi connectivity index (χ0n) is 21.5. The molecule has 0 unspecified atom stereocenters. The number of nitrogens with one attached hydrogen (secondary N) is 1. The van der Waals surface area contributed by atoms with Crippen LogP contribution in [-0.2, 0) is 13.2 Å². The summed E-state index contributed by atoms with van der Waals surface area (Å²) in [5, 5.41) is 3.15. The molecule has 1 N–H and O–H groups in total. The van der Waals surface area contributed by atoms with Crippen molar-refractivity contribution in [1.82, 2.24) is 14.9 Å². The summed E-state index contributed by atoms with van der Waals surface area (Å²) < 4.78 is 49.5. The summed E-state index contributed by atoms with van der Waals surface area (Å²) in [5.74, 6) is -5.67. The Labute approximate surface area is 232 Å². The Hall–Kier alpha value is -4.25. The van der Waals surface area contributed by atoms with Crippen LogP contribution in [0.2, 0.25) is 5.02 Å². The average Bonchev–Trinajstić information content (AvgIpc) is 3.07. The van der Waals surface area contributed by atoms with E-state index in [2.05, 4.69) is 5.32 Å². The van der Waals surface area contributed by atoms with E-state index in [9.17, 15) is 27.6 Å². The van der Waals surface area contributed by atoms with Gasteiger partial charge in [-0.25, -0.2) is 13.2 Å². The number of hydrogen-bond donors (Lipinski definition) is 1. The van der Waals surface area contributed by atoms with Crippen LogP contribution in [-0.4, -0.2) is 40.1 Å². The molecule has 12 heteroatoms. The predicted octanol–water partition coefficient (Wildman–Crippen LogP) is 4.13. The molecular formula is C28H24ClF3N4O4. The van der Waals surface area contributed by atoms with Gasteiger partial charge in [-0.15, -0.1) is 0 Å². The fourth-order valence-corrected chi connectivity index (χ4v) is 4.79. The zero-order chi connectivity index (χ0) is 28.7. The molecule has 0 saturated carbocycles. The number of hydrogen-bond acceptors (Lipinski definition) is 5. The van der Waals surface area contributed by atoms with E-state index in [-0.39, 0.29) is 36.8 Å². The van der Waals surface area contributed by atoms with Crippen LogP contribution in [0.4, 0.5) is 13.2 Å². The molecule has 0 fully saturated rings. The number of amides is 2. The van der Waals surface area contributed by atoms with Gasteiger partial charge in [-0.05, 0) is 19.4 Å². The number of fused-ring (bicyclic) bond motifs is 4. The molecule has 40 heavy (non-hydrogen) atoms. The molecule has 2 amide bonds. The topological polar surface area (TPSA) is 83.9 Å². The number of benzene rings is 2. The minimum absolute atomic E-state index is 0.0477. The second kappa shape index (κ2) is 10.7. The summed E-state index contributed by atoms with van der Waals surface area (Å²) in [4.78, 5) is 42.0. The van der Waals surface area contributed by atoms with Crippen LogP contribution in [0.15, 0.2) is 59.5 Å². The van der Waals surface area contributed by atoms with Gasteiger partial charge in [0.05, 0.1) is 6.04 Å². The van der Waals surface area contributed by atoms with E-state index in [1.54, 1.807) is 34.2 Å². The lowest BCUT2D eigenvalue weighted by atomic mass is 10.1. The van der Waals surface area contributed by atoms with E-state index < -0.39 is 57.4 Å². The van der Waals surface area contributed by atoms with Crippen LogP contribution in [0, 0.1) is 17.5 Å². The van der Waals surface area contributed by atoms with E-state index in [0.29, 0.717) is 6.07 Å². The molecule has 0 aliphatic carbocycles. The molecule has 0 spiro atoms. The number of carbonyl (C=O) groups is 2. The quantitative estimate of drug-likeness (QED) is 0.273. The van der Waals surface area contributed by atoms with Crippen molar-refractivity contribution in [1.29, 1.82) is 0 Å². The number of pyridine rings is 1. The third-order valence-electron chi connectivity index (χ3n) is 6.92. The van der Waals surface area contributed by atoms with Crippen molar-refractivity contribution in [3.63, 3.8) is 0 Å². The molecule has 8 nitrogen and oxygen atoms in total. The van der Waals surface area contributed by atoms with Crippen LogP contribution in [0.1, 0.15) is 45.8 Å². The summed E-state index contributed by atoms with van der Waals surface area (Å²) in [6.07, 6.45) is 4.99. The maximum absolute atomic E-state index is 14.4. The Morgan fingerprint density at radius 1 is 1.07 bits per heavy atom. The monoisotopic (exact) mass is 572 g/mol. The number of halogens is 4. The normalized spacial score (nSPS) is 17.9. The van der Waals surface area contributed by atoms with Gasteiger partial charge in [0.25, 0.3) is 11.8 Å². The maximum atomic E-state index is 14.4. The summed E-state index contributed by atoms with van der Waals surface area (Å²) in [6, 6.07) is 8.86. The van der Waals surface area contributed by atoms with Crippen molar-refractivity contribution in [2.75, 3.05) is 11.7 Å². The number of aromatic nitrogens is 1. The molecule has 0 saturated heterocycles. The Bertz CT molecular complexity index is 1590. The minimum Gasteiger partial charge on any atom is -0.482 e. The Morgan fingerprint density at radius 3 is 2.50 bits per heavy atom. The van der Waals surface area contributed by atoms with E-state index in [1.807, 2.05) is 32.1 Å². The third kappa shape index (κ3) is 4.81. The molecule has 2 bridgehead atoms. The van der Waals surface area contributed by atoms with Crippen LogP contribution in [0.25, 0.3) is 0 Å². The first-order valence-electron chi connectivity index (χ1n) is 12.4. The maximum Gasteiger partial charge on any atom is 0.278 e. The highest BCUT2D eigenvalue weighted by Gasteiger charge is 2.39. The molecular weight excluding hydrogens is 549 g/mol. The number of rotatable bonds is 6. The number of ether oxygens (including phenoxy) is 1. The second-order valence-electron chi connectivity index (χ2n) is 9.52. The van der Waals surface area contributed by atoms with E-state index >= 15 is 0 Å². The first kappa shape index (κ1) is 27.3. The third-order valence-corrected chi connectivity index (χ3v) is 7.27. The SMILES string of the molecule is C[C@@H]1C=C[C@H](C)N2CN1n1cc(C(=O)NCc3c(F)cc(F)c(Cl)c3F)c(=O)c(OCc3ccccc3)c1C2=O. The highest BCUT2D eigenvalue weighted by molar-refractivity contribution is 6.31. The summed E-state index contributed by atoms with van der Waals surface area (Å²) in [6.45, 7) is 3.14. The number of carbonyl (C=O) groups excluding carboxylic acids is 2. The minimum atomic E-state index is -1.36. The Kier molecular flexibility index (Phi) is 7.33. The standard InChI is InChI=1S/C28H24ClF3N4O4/c1-15-8-9-16(2)36-14-34(15)28(39)24-26(40-13-17-6-4-3-5-7-17)25(37)19(12-35(24)36)27(38)33-11-18-20(30)10-21(31)22(29)23(18)32/h3-10,12,15-16H,11,13-14H2,1-2H3,(H,33,38)/t15-,16+/m0/s1. The number of nitrogens with zero attached hydrogens (tertiary/aromatic N) is 3. The van der Waals surface area contributed by atoms with Gasteiger partial charge >= 0.3 is 0 Å². The first-order valence-corrected chi connectivity index (χ1v) is 12.8. The lowest BCUT2D eigenvalue weighted by molar-refractivity contribution is 0.0649. The molecule has 5 rings (SSSR count). The predicted molar refractivity (Wildman–Crippen MR) is 141 cm³/mol. The van der Waals surface area contributed by atoms with Gasteiger partial charge in [0, 0.05) is 30.4 Å². The van der Waals surface area contributed by atoms with Crippen molar-refractivity contribution < 1.29 is 27.5 Å². The van der Waals surface area contributed by atoms with Crippen LogP contribution >= 0.6 is 11.6 Å². The molecule has 2 aliphatic heterocycles. The highest BCUT2D eigenvalue weighted by Crippen LogP contribution is 2.28. The summed E-state index contributed by atoms with van der Waals surface area (Å²) in [5.41, 5.74) is -1.30. The van der Waals surface area contributed by atoms with Crippen LogP contribution < -0.4 is 20.5 Å². The van der Waals surface area contributed by atoms with Crippen LogP contribution in [0.5, 0.6) is 5.75 Å². The van der Waals surface area contributed by atoms with Gasteiger partial charge in [0.2, 0.25) is 5.43 Å². The Balaban J connectivity index is 1.57. The highest BCUT2D eigenvalue weighted by atomic mass is 35.5. The van der Waals surface area contributed by atoms with Crippen molar-refractivity contribution in [3.8, 4) is 5.75 Å².